The fourth-order valence-electron chi connectivity index (χ4n) is 2.32. The summed E-state index contributed by atoms with van der Waals surface area (Å²) in [5.41, 5.74) is 1.39. The van der Waals surface area contributed by atoms with E-state index in [0.29, 0.717) is 12.2 Å². The van der Waals surface area contributed by atoms with Crippen molar-refractivity contribution in [3.8, 4) is 5.75 Å². The Hall–Kier alpha value is -2.43. The molecule has 1 atom stereocenters. The molecule has 3 nitrogen and oxygen atoms in total. The number of nitrogens with one attached hydrogen (secondary N) is 1. The number of rotatable bonds is 5. The number of ether oxygens (including phenoxy) is 1. The molecule has 1 amide bonds. The Labute approximate surface area is 147 Å². The van der Waals surface area contributed by atoms with Crippen LogP contribution in [0.2, 0.25) is 0 Å². The van der Waals surface area contributed by atoms with Crippen molar-refractivity contribution in [1.82, 2.24) is 0 Å². The van der Waals surface area contributed by atoms with Gasteiger partial charge in [-0.1, -0.05) is 39.8 Å². The summed E-state index contributed by atoms with van der Waals surface area (Å²) in [6.07, 6.45) is -0.287. The third-order valence-corrected chi connectivity index (χ3v) is 3.85. The van der Waals surface area contributed by atoms with Crippen molar-refractivity contribution < 1.29 is 18.3 Å². The van der Waals surface area contributed by atoms with Gasteiger partial charge in [0.15, 0.2) is 17.7 Å². The zero-order chi connectivity index (χ0) is 18.6. The minimum absolute atomic E-state index is 0.0344. The van der Waals surface area contributed by atoms with Crippen LogP contribution in [0.25, 0.3) is 0 Å². The molecule has 0 spiro atoms. The molecule has 0 aliphatic rings. The summed E-state index contributed by atoms with van der Waals surface area (Å²) in [5, 5.41) is 2.55. The standard InChI is InChI=1S/C20H23F2NO2/c1-5-18(19(24)23-14-8-11-16(21)17(22)12-14)25-15-9-6-13(7-10-15)20(2,3)4/h6-12,18H,5H2,1-4H3,(H,23,24). The molecular weight excluding hydrogens is 324 g/mol. The second-order valence-electron chi connectivity index (χ2n) is 6.91. The number of amides is 1. The predicted molar refractivity (Wildman–Crippen MR) is 94.8 cm³/mol. The lowest BCUT2D eigenvalue weighted by atomic mass is 9.87. The third kappa shape index (κ3) is 5.02. The van der Waals surface area contributed by atoms with Crippen molar-refractivity contribution in [3.63, 3.8) is 0 Å². The van der Waals surface area contributed by atoms with Gasteiger partial charge in [0, 0.05) is 11.8 Å². The summed E-state index contributed by atoms with van der Waals surface area (Å²) < 4.78 is 31.9. The lowest BCUT2D eigenvalue weighted by molar-refractivity contribution is -0.122. The molecule has 0 radical (unpaired) electrons. The summed E-state index contributed by atoms with van der Waals surface area (Å²) >= 11 is 0. The predicted octanol–water partition coefficient (Wildman–Crippen LogP) is 5.06. The van der Waals surface area contributed by atoms with Crippen LogP contribution in [0, 0.1) is 11.6 Å². The Morgan fingerprint density at radius 1 is 1.08 bits per heavy atom. The zero-order valence-corrected chi connectivity index (χ0v) is 14.9. The van der Waals surface area contributed by atoms with Crippen LogP contribution in [0.5, 0.6) is 5.75 Å². The highest BCUT2D eigenvalue weighted by atomic mass is 19.2. The molecule has 5 heteroatoms. The van der Waals surface area contributed by atoms with Gasteiger partial charge in [0.25, 0.3) is 5.91 Å². The van der Waals surface area contributed by atoms with Gasteiger partial charge in [-0.25, -0.2) is 8.78 Å². The van der Waals surface area contributed by atoms with Crippen LogP contribution >= 0.6 is 0 Å². The molecule has 0 saturated carbocycles. The Morgan fingerprint density at radius 2 is 1.72 bits per heavy atom. The van der Waals surface area contributed by atoms with Crippen molar-refractivity contribution in [2.24, 2.45) is 0 Å². The van der Waals surface area contributed by atoms with Gasteiger partial charge in [0.05, 0.1) is 0 Å². The van der Waals surface area contributed by atoms with E-state index in [1.54, 1.807) is 0 Å². The molecule has 0 bridgehead atoms. The van der Waals surface area contributed by atoms with E-state index in [1.807, 2.05) is 31.2 Å². The number of anilines is 1. The Kier molecular flexibility index (Phi) is 5.77. The summed E-state index contributed by atoms with van der Waals surface area (Å²) in [4.78, 5) is 12.3. The molecule has 0 saturated heterocycles. The van der Waals surface area contributed by atoms with Crippen molar-refractivity contribution in [3.05, 3.63) is 59.7 Å². The molecular formula is C20H23F2NO2. The number of carbonyl (C=O) groups is 1. The van der Waals surface area contributed by atoms with Crippen LogP contribution in [0.15, 0.2) is 42.5 Å². The SMILES string of the molecule is CCC(Oc1ccc(C(C)(C)C)cc1)C(=O)Nc1ccc(F)c(F)c1. The first kappa shape index (κ1) is 18.9. The minimum atomic E-state index is -1.01. The Morgan fingerprint density at radius 3 is 2.24 bits per heavy atom. The number of benzene rings is 2. The maximum atomic E-state index is 13.2. The van der Waals surface area contributed by atoms with E-state index in [1.165, 1.54) is 11.6 Å². The average molecular weight is 347 g/mol. The molecule has 1 unspecified atom stereocenters. The van der Waals surface area contributed by atoms with Gasteiger partial charge in [-0.3, -0.25) is 4.79 Å². The quantitative estimate of drug-likeness (QED) is 0.821. The van der Waals surface area contributed by atoms with Crippen LogP contribution in [-0.2, 0) is 10.2 Å². The molecule has 0 fully saturated rings. The van der Waals surface area contributed by atoms with E-state index < -0.39 is 23.6 Å². The van der Waals surface area contributed by atoms with Crippen LogP contribution in [0.1, 0.15) is 39.7 Å². The van der Waals surface area contributed by atoms with E-state index in [-0.39, 0.29) is 11.1 Å². The lowest BCUT2D eigenvalue weighted by Crippen LogP contribution is -2.32. The Bertz CT molecular complexity index is 736. The number of carbonyl (C=O) groups excluding carboxylic acids is 1. The van der Waals surface area contributed by atoms with Crippen LogP contribution in [-0.4, -0.2) is 12.0 Å². The van der Waals surface area contributed by atoms with Crippen LogP contribution < -0.4 is 10.1 Å². The van der Waals surface area contributed by atoms with E-state index in [2.05, 4.69) is 26.1 Å². The average Bonchev–Trinajstić information content (AvgIpc) is 2.55. The van der Waals surface area contributed by atoms with Gasteiger partial charge in [-0.2, -0.15) is 0 Å². The molecule has 25 heavy (non-hydrogen) atoms. The summed E-state index contributed by atoms with van der Waals surface area (Å²) in [6.45, 7) is 8.17. The molecule has 1 N–H and O–H groups in total. The van der Waals surface area contributed by atoms with Gasteiger partial charge in [0.1, 0.15) is 5.75 Å². The van der Waals surface area contributed by atoms with E-state index in [4.69, 9.17) is 4.74 Å². The Balaban J connectivity index is 2.05. The topological polar surface area (TPSA) is 38.3 Å². The molecule has 0 heterocycles. The van der Waals surface area contributed by atoms with Crippen molar-refractivity contribution >= 4 is 11.6 Å². The van der Waals surface area contributed by atoms with Crippen LogP contribution in [0.4, 0.5) is 14.5 Å². The molecule has 0 aromatic heterocycles. The first-order valence-corrected chi connectivity index (χ1v) is 8.24. The normalized spacial score (nSPS) is 12.6. The highest BCUT2D eigenvalue weighted by Crippen LogP contribution is 2.25. The second kappa shape index (κ2) is 7.64. The fraction of sp³-hybridized carbons (Fsp3) is 0.350. The van der Waals surface area contributed by atoms with Crippen molar-refractivity contribution in [2.75, 3.05) is 5.32 Å². The first-order chi connectivity index (χ1) is 11.7. The minimum Gasteiger partial charge on any atom is -0.481 e. The zero-order valence-electron chi connectivity index (χ0n) is 14.9. The maximum Gasteiger partial charge on any atom is 0.265 e. The molecule has 134 valence electrons. The number of halogens is 2. The summed E-state index contributed by atoms with van der Waals surface area (Å²) in [7, 11) is 0. The smallest absolute Gasteiger partial charge is 0.265 e. The first-order valence-electron chi connectivity index (χ1n) is 8.24. The van der Waals surface area contributed by atoms with Gasteiger partial charge >= 0.3 is 0 Å². The maximum absolute atomic E-state index is 13.2. The van der Waals surface area contributed by atoms with Gasteiger partial charge < -0.3 is 10.1 Å². The van der Waals surface area contributed by atoms with Crippen molar-refractivity contribution in [2.45, 2.75) is 45.6 Å². The number of hydrogen-bond acceptors (Lipinski definition) is 2. The summed E-state index contributed by atoms with van der Waals surface area (Å²) in [6, 6.07) is 10.8. The monoisotopic (exact) mass is 347 g/mol. The molecule has 2 aromatic rings. The molecule has 0 aliphatic heterocycles. The van der Waals surface area contributed by atoms with Gasteiger partial charge in [-0.15, -0.1) is 0 Å². The highest BCUT2D eigenvalue weighted by molar-refractivity contribution is 5.94. The largest absolute Gasteiger partial charge is 0.481 e. The van der Waals surface area contributed by atoms with Gasteiger partial charge in [0.2, 0.25) is 0 Å². The third-order valence-electron chi connectivity index (χ3n) is 3.85. The van der Waals surface area contributed by atoms with Crippen molar-refractivity contribution in [1.29, 1.82) is 0 Å². The molecule has 0 aliphatic carbocycles. The highest BCUT2D eigenvalue weighted by Gasteiger charge is 2.20. The van der Waals surface area contributed by atoms with E-state index in [9.17, 15) is 13.6 Å². The van der Waals surface area contributed by atoms with Crippen LogP contribution in [0.3, 0.4) is 0 Å². The lowest BCUT2D eigenvalue weighted by Gasteiger charge is -2.21. The fourth-order valence-corrected chi connectivity index (χ4v) is 2.32. The van der Waals surface area contributed by atoms with Gasteiger partial charge in [-0.05, 0) is 41.7 Å². The number of hydrogen-bond donors (Lipinski definition) is 1. The summed E-state index contributed by atoms with van der Waals surface area (Å²) in [5.74, 6) is -1.79. The molecule has 2 rings (SSSR count). The van der Waals surface area contributed by atoms with E-state index in [0.717, 1.165) is 12.1 Å². The molecule has 2 aromatic carbocycles. The second-order valence-corrected chi connectivity index (χ2v) is 6.91. The van der Waals surface area contributed by atoms with E-state index >= 15 is 0 Å².